The number of nitrogens with zero attached hydrogens (tertiary/aromatic N) is 1. The molecule has 0 unspecified atom stereocenters. The second-order valence-electron chi connectivity index (χ2n) is 3.30. The summed E-state index contributed by atoms with van der Waals surface area (Å²) in [7, 11) is 0. The summed E-state index contributed by atoms with van der Waals surface area (Å²) in [6.07, 6.45) is 1.78. The number of aliphatic imine (C=N–C) groups is 1. The van der Waals surface area contributed by atoms with Crippen LogP contribution in [-0.2, 0) is 0 Å². The van der Waals surface area contributed by atoms with Crippen LogP contribution in [0.3, 0.4) is 0 Å². The highest BCUT2D eigenvalue weighted by molar-refractivity contribution is 6.35. The molecule has 0 heterocycles. The van der Waals surface area contributed by atoms with E-state index in [1.54, 1.807) is 24.4 Å². The van der Waals surface area contributed by atoms with Crippen molar-refractivity contribution in [3.63, 3.8) is 0 Å². The van der Waals surface area contributed by atoms with Crippen molar-refractivity contribution < 1.29 is 0 Å². The summed E-state index contributed by atoms with van der Waals surface area (Å²) in [5, 5.41) is 1.18. The van der Waals surface area contributed by atoms with Crippen molar-refractivity contribution in [2.24, 2.45) is 4.99 Å². The third-order valence-electron chi connectivity index (χ3n) is 2.01. The third kappa shape index (κ3) is 3.09. The first kappa shape index (κ1) is 11.2. The second kappa shape index (κ2) is 5.15. The van der Waals surface area contributed by atoms with Gasteiger partial charge in [0, 0.05) is 16.3 Å². The Morgan fingerprint density at radius 2 is 1.50 bits per heavy atom. The van der Waals surface area contributed by atoms with Gasteiger partial charge in [-0.1, -0.05) is 53.5 Å². The summed E-state index contributed by atoms with van der Waals surface area (Å²) in [6, 6.07) is 15.1. The molecule has 0 aliphatic heterocycles. The van der Waals surface area contributed by atoms with Crippen molar-refractivity contribution in [3.05, 3.63) is 64.1 Å². The van der Waals surface area contributed by atoms with Crippen molar-refractivity contribution >= 4 is 35.1 Å². The molecular weight excluding hydrogens is 241 g/mol. The lowest BCUT2D eigenvalue weighted by molar-refractivity contribution is 1.52. The standard InChI is InChI=1S/C13H9Cl2N/c14-11-6-12(15)8-13(7-11)16-9-10-4-2-1-3-5-10/h1-9H. The van der Waals surface area contributed by atoms with Crippen LogP contribution in [0.15, 0.2) is 53.5 Å². The maximum Gasteiger partial charge on any atom is 0.0659 e. The molecule has 0 spiro atoms. The van der Waals surface area contributed by atoms with Gasteiger partial charge in [0.15, 0.2) is 0 Å². The molecule has 0 aromatic heterocycles. The largest absolute Gasteiger partial charge is 0.256 e. The highest BCUT2D eigenvalue weighted by Crippen LogP contribution is 2.24. The molecule has 0 saturated heterocycles. The first-order valence-corrected chi connectivity index (χ1v) is 5.55. The quantitative estimate of drug-likeness (QED) is 0.682. The van der Waals surface area contributed by atoms with E-state index < -0.39 is 0 Å². The Labute approximate surface area is 104 Å². The molecule has 0 fully saturated rings. The average Bonchev–Trinajstić information content (AvgIpc) is 2.27. The number of halogens is 2. The van der Waals surface area contributed by atoms with E-state index in [-0.39, 0.29) is 0 Å². The maximum atomic E-state index is 5.87. The van der Waals surface area contributed by atoms with Gasteiger partial charge in [-0.25, -0.2) is 0 Å². The Bertz CT molecular complexity index is 486. The minimum Gasteiger partial charge on any atom is -0.256 e. The second-order valence-corrected chi connectivity index (χ2v) is 4.17. The van der Waals surface area contributed by atoms with Crippen molar-refractivity contribution in [2.75, 3.05) is 0 Å². The maximum absolute atomic E-state index is 5.87. The van der Waals surface area contributed by atoms with Crippen LogP contribution >= 0.6 is 23.2 Å². The van der Waals surface area contributed by atoms with Crippen molar-refractivity contribution in [2.45, 2.75) is 0 Å². The van der Waals surface area contributed by atoms with Gasteiger partial charge < -0.3 is 0 Å². The topological polar surface area (TPSA) is 12.4 Å². The van der Waals surface area contributed by atoms with Gasteiger partial charge in [-0.3, -0.25) is 4.99 Å². The molecular formula is C13H9Cl2N. The molecule has 16 heavy (non-hydrogen) atoms. The molecule has 3 heteroatoms. The first-order chi connectivity index (χ1) is 7.74. The lowest BCUT2D eigenvalue weighted by Gasteiger charge is -1.97. The van der Waals surface area contributed by atoms with Crippen LogP contribution in [0.1, 0.15) is 5.56 Å². The van der Waals surface area contributed by atoms with Crippen LogP contribution < -0.4 is 0 Å². The van der Waals surface area contributed by atoms with E-state index in [4.69, 9.17) is 23.2 Å². The van der Waals surface area contributed by atoms with Gasteiger partial charge in [-0.05, 0) is 23.8 Å². The summed E-state index contributed by atoms with van der Waals surface area (Å²) in [4.78, 5) is 4.30. The van der Waals surface area contributed by atoms with Crippen LogP contribution in [0.2, 0.25) is 10.0 Å². The van der Waals surface area contributed by atoms with E-state index in [9.17, 15) is 0 Å². The predicted molar refractivity (Wildman–Crippen MR) is 70.2 cm³/mol. The summed E-state index contributed by atoms with van der Waals surface area (Å²) < 4.78 is 0. The van der Waals surface area contributed by atoms with E-state index in [2.05, 4.69) is 4.99 Å². The number of hydrogen-bond acceptors (Lipinski definition) is 1. The van der Waals surface area contributed by atoms with Crippen LogP contribution in [0.5, 0.6) is 0 Å². The highest BCUT2D eigenvalue weighted by Gasteiger charge is 1.95. The lowest BCUT2D eigenvalue weighted by Crippen LogP contribution is -1.78. The normalized spacial score (nSPS) is 10.9. The van der Waals surface area contributed by atoms with Crippen LogP contribution in [0.25, 0.3) is 0 Å². The monoisotopic (exact) mass is 249 g/mol. The lowest BCUT2D eigenvalue weighted by atomic mass is 10.2. The van der Waals surface area contributed by atoms with Gasteiger partial charge in [0.25, 0.3) is 0 Å². The molecule has 2 aromatic carbocycles. The number of benzene rings is 2. The zero-order valence-corrected chi connectivity index (χ0v) is 9.91. The minimum atomic E-state index is 0.590. The molecule has 2 rings (SSSR count). The molecule has 0 N–H and O–H groups in total. The first-order valence-electron chi connectivity index (χ1n) is 4.79. The zero-order valence-electron chi connectivity index (χ0n) is 8.40. The van der Waals surface area contributed by atoms with Crippen molar-refractivity contribution in [3.8, 4) is 0 Å². The third-order valence-corrected chi connectivity index (χ3v) is 2.45. The van der Waals surface area contributed by atoms with E-state index in [0.29, 0.717) is 10.0 Å². The van der Waals surface area contributed by atoms with Gasteiger partial charge in [-0.2, -0.15) is 0 Å². The molecule has 0 aliphatic carbocycles. The van der Waals surface area contributed by atoms with Gasteiger partial charge in [0.05, 0.1) is 5.69 Å². The van der Waals surface area contributed by atoms with E-state index in [1.807, 2.05) is 30.3 Å². The van der Waals surface area contributed by atoms with Gasteiger partial charge in [0.1, 0.15) is 0 Å². The Balaban J connectivity index is 2.24. The summed E-state index contributed by atoms with van der Waals surface area (Å²) in [6.45, 7) is 0. The zero-order chi connectivity index (χ0) is 11.4. The Morgan fingerprint density at radius 3 is 2.12 bits per heavy atom. The summed E-state index contributed by atoms with van der Waals surface area (Å²) in [5.41, 5.74) is 1.79. The van der Waals surface area contributed by atoms with Crippen molar-refractivity contribution in [1.82, 2.24) is 0 Å². The Morgan fingerprint density at radius 1 is 0.875 bits per heavy atom. The fourth-order valence-electron chi connectivity index (χ4n) is 1.30. The van der Waals surface area contributed by atoms with Gasteiger partial charge in [0.2, 0.25) is 0 Å². The Hall–Kier alpha value is -1.31. The predicted octanol–water partition coefficient (Wildman–Crippen LogP) is 4.74. The number of hydrogen-bond donors (Lipinski definition) is 0. The van der Waals surface area contributed by atoms with Crippen LogP contribution in [-0.4, -0.2) is 6.21 Å². The molecule has 0 amide bonds. The number of rotatable bonds is 2. The molecule has 1 nitrogen and oxygen atoms in total. The molecule has 0 atom stereocenters. The molecule has 0 radical (unpaired) electrons. The molecule has 0 aliphatic rings. The van der Waals surface area contributed by atoms with E-state index >= 15 is 0 Å². The smallest absolute Gasteiger partial charge is 0.0659 e. The van der Waals surface area contributed by atoms with Crippen molar-refractivity contribution in [1.29, 1.82) is 0 Å². The molecule has 2 aromatic rings. The summed E-state index contributed by atoms with van der Waals surface area (Å²) >= 11 is 11.7. The molecule has 80 valence electrons. The van der Waals surface area contributed by atoms with E-state index in [1.165, 1.54) is 0 Å². The minimum absolute atomic E-state index is 0.590. The van der Waals surface area contributed by atoms with Crippen LogP contribution in [0.4, 0.5) is 5.69 Å². The van der Waals surface area contributed by atoms with E-state index in [0.717, 1.165) is 11.3 Å². The fraction of sp³-hybridized carbons (Fsp3) is 0. The summed E-state index contributed by atoms with van der Waals surface area (Å²) in [5.74, 6) is 0. The molecule has 0 bridgehead atoms. The van der Waals surface area contributed by atoms with Crippen LogP contribution in [0, 0.1) is 0 Å². The SMILES string of the molecule is Clc1cc(Cl)cc(N=Cc2ccccc2)c1. The van der Waals surface area contributed by atoms with Gasteiger partial charge in [-0.15, -0.1) is 0 Å². The highest BCUT2D eigenvalue weighted by atomic mass is 35.5. The molecule has 0 saturated carbocycles. The van der Waals surface area contributed by atoms with Gasteiger partial charge >= 0.3 is 0 Å². The Kier molecular flexibility index (Phi) is 3.60. The fourth-order valence-corrected chi connectivity index (χ4v) is 1.82. The average molecular weight is 250 g/mol.